The molecule has 0 saturated carbocycles. The summed E-state index contributed by atoms with van der Waals surface area (Å²) in [6.45, 7) is 5.16. The van der Waals surface area contributed by atoms with Gasteiger partial charge in [0.25, 0.3) is 0 Å². The lowest BCUT2D eigenvalue weighted by Crippen LogP contribution is -2.43. The molecule has 0 saturated heterocycles. The molecule has 0 amide bonds. The van der Waals surface area contributed by atoms with Crippen molar-refractivity contribution in [2.24, 2.45) is 5.92 Å². The minimum Gasteiger partial charge on any atom is -0.493 e. The second-order valence-corrected chi connectivity index (χ2v) is 7.42. The van der Waals surface area contributed by atoms with Crippen molar-refractivity contribution in [1.82, 2.24) is 4.72 Å². The molecule has 0 aliphatic rings. The molecule has 7 heteroatoms. The van der Waals surface area contributed by atoms with Gasteiger partial charge in [0.2, 0.25) is 10.0 Å². The first-order valence-electron chi connectivity index (χ1n) is 6.72. The molecule has 0 spiro atoms. The zero-order valence-electron chi connectivity index (χ0n) is 12.5. The largest absolute Gasteiger partial charge is 0.493 e. The number of ether oxygens (including phenoxy) is 1. The Hall–Kier alpha value is -1.15. The van der Waals surface area contributed by atoms with Gasteiger partial charge in [0, 0.05) is 6.54 Å². The van der Waals surface area contributed by atoms with Crippen molar-refractivity contribution in [2.75, 3.05) is 19.8 Å². The average molecular weight is 317 g/mol. The molecule has 0 aliphatic heterocycles. The van der Waals surface area contributed by atoms with Crippen LogP contribution < -0.4 is 9.46 Å². The Morgan fingerprint density at radius 2 is 1.86 bits per heavy atom. The Labute approximate surface area is 125 Å². The second kappa shape index (κ2) is 7.22. The molecule has 0 aromatic heterocycles. The third-order valence-corrected chi connectivity index (χ3v) is 4.12. The van der Waals surface area contributed by atoms with E-state index in [0.29, 0.717) is 18.3 Å². The molecule has 6 nitrogen and oxygen atoms in total. The smallest absolute Gasteiger partial charge is 0.240 e. The zero-order chi connectivity index (χ0) is 16.1. The molecule has 1 atom stereocenters. The second-order valence-electron chi connectivity index (χ2n) is 5.66. The van der Waals surface area contributed by atoms with Crippen LogP contribution in [0.4, 0.5) is 0 Å². The number of sulfonamides is 1. The summed E-state index contributed by atoms with van der Waals surface area (Å²) in [5.74, 6) is 0.987. The summed E-state index contributed by atoms with van der Waals surface area (Å²) in [5.41, 5.74) is -1.49. The Balaban J connectivity index is 2.71. The van der Waals surface area contributed by atoms with Gasteiger partial charge in [-0.1, -0.05) is 13.8 Å². The zero-order valence-corrected chi connectivity index (χ0v) is 13.4. The third kappa shape index (κ3) is 6.01. The van der Waals surface area contributed by atoms with Crippen LogP contribution in [0.25, 0.3) is 0 Å². The van der Waals surface area contributed by atoms with Crippen LogP contribution in [0.2, 0.25) is 0 Å². The van der Waals surface area contributed by atoms with Crippen molar-refractivity contribution in [3.63, 3.8) is 0 Å². The van der Waals surface area contributed by atoms with E-state index in [4.69, 9.17) is 9.84 Å². The van der Waals surface area contributed by atoms with Gasteiger partial charge in [0.15, 0.2) is 0 Å². The van der Waals surface area contributed by atoms with E-state index in [0.717, 1.165) is 0 Å². The first-order chi connectivity index (χ1) is 9.66. The molecule has 0 radical (unpaired) electrons. The van der Waals surface area contributed by atoms with Crippen LogP contribution in [0.15, 0.2) is 29.2 Å². The van der Waals surface area contributed by atoms with Gasteiger partial charge in [-0.05, 0) is 37.1 Å². The first kappa shape index (κ1) is 17.9. The normalized spacial score (nSPS) is 15.0. The van der Waals surface area contributed by atoms with Gasteiger partial charge >= 0.3 is 0 Å². The molecule has 1 unspecified atom stereocenters. The lowest BCUT2D eigenvalue weighted by Gasteiger charge is -2.20. The number of hydrogen-bond acceptors (Lipinski definition) is 5. The Morgan fingerprint density at radius 1 is 1.29 bits per heavy atom. The minimum atomic E-state index is -3.73. The summed E-state index contributed by atoms with van der Waals surface area (Å²) in [4.78, 5) is 0.0770. The van der Waals surface area contributed by atoms with E-state index in [1.807, 2.05) is 13.8 Å². The molecule has 1 aromatic carbocycles. The van der Waals surface area contributed by atoms with Gasteiger partial charge in [0.05, 0.1) is 23.7 Å². The van der Waals surface area contributed by atoms with E-state index in [1.165, 1.54) is 19.1 Å². The number of hydrogen-bond donors (Lipinski definition) is 3. The maximum absolute atomic E-state index is 12.0. The number of benzene rings is 1. The lowest BCUT2D eigenvalue weighted by molar-refractivity contribution is 0.00681. The van der Waals surface area contributed by atoms with Crippen LogP contribution in [-0.2, 0) is 10.0 Å². The Morgan fingerprint density at radius 3 is 2.33 bits per heavy atom. The minimum absolute atomic E-state index is 0.0770. The standard InChI is InChI=1S/C14H23NO5S/c1-11(2)8-20-12-4-6-13(7-5-12)21(18,19)15-9-14(3,17)10-16/h4-7,11,15-17H,8-10H2,1-3H3. The molecule has 3 N–H and O–H groups in total. The fourth-order valence-corrected chi connectivity index (χ4v) is 2.53. The maximum Gasteiger partial charge on any atom is 0.240 e. The van der Waals surface area contributed by atoms with E-state index in [9.17, 15) is 13.5 Å². The Kier molecular flexibility index (Phi) is 6.15. The summed E-state index contributed by atoms with van der Waals surface area (Å²) in [6.07, 6.45) is 0. The van der Waals surface area contributed by atoms with Gasteiger partial charge in [0.1, 0.15) is 5.75 Å². The van der Waals surface area contributed by atoms with Crippen molar-refractivity contribution < 1.29 is 23.4 Å². The molecule has 0 bridgehead atoms. The Bertz CT molecular complexity index is 537. The SMILES string of the molecule is CC(C)COc1ccc(S(=O)(=O)NCC(C)(O)CO)cc1. The van der Waals surface area contributed by atoms with Crippen LogP contribution in [-0.4, -0.2) is 44.0 Å². The van der Waals surface area contributed by atoms with E-state index < -0.39 is 22.2 Å². The van der Waals surface area contributed by atoms with Gasteiger partial charge in [-0.15, -0.1) is 0 Å². The van der Waals surface area contributed by atoms with Crippen molar-refractivity contribution >= 4 is 10.0 Å². The molecule has 120 valence electrons. The fraction of sp³-hybridized carbons (Fsp3) is 0.571. The number of aliphatic hydroxyl groups is 2. The van der Waals surface area contributed by atoms with Crippen molar-refractivity contribution in [3.05, 3.63) is 24.3 Å². The summed E-state index contributed by atoms with van der Waals surface area (Å²) in [7, 11) is -3.73. The van der Waals surface area contributed by atoms with Crippen LogP contribution in [0.1, 0.15) is 20.8 Å². The number of nitrogens with one attached hydrogen (secondary N) is 1. The number of aliphatic hydroxyl groups excluding tert-OH is 1. The van der Waals surface area contributed by atoms with Gasteiger partial charge < -0.3 is 14.9 Å². The van der Waals surface area contributed by atoms with Crippen LogP contribution in [0.3, 0.4) is 0 Å². The molecule has 0 heterocycles. The van der Waals surface area contributed by atoms with E-state index in [2.05, 4.69) is 4.72 Å². The quantitative estimate of drug-likeness (QED) is 0.657. The highest BCUT2D eigenvalue weighted by Crippen LogP contribution is 2.17. The maximum atomic E-state index is 12.0. The van der Waals surface area contributed by atoms with Gasteiger partial charge in [-0.3, -0.25) is 0 Å². The van der Waals surface area contributed by atoms with Crippen molar-refractivity contribution in [1.29, 1.82) is 0 Å². The molecule has 0 fully saturated rings. The van der Waals surface area contributed by atoms with Crippen molar-refractivity contribution in [2.45, 2.75) is 31.3 Å². The van der Waals surface area contributed by atoms with Crippen LogP contribution in [0, 0.1) is 5.92 Å². The van der Waals surface area contributed by atoms with Crippen LogP contribution in [0.5, 0.6) is 5.75 Å². The van der Waals surface area contributed by atoms with Crippen molar-refractivity contribution in [3.8, 4) is 5.75 Å². The summed E-state index contributed by atoms with van der Waals surface area (Å²) in [5, 5.41) is 18.5. The summed E-state index contributed by atoms with van der Waals surface area (Å²) >= 11 is 0. The van der Waals surface area contributed by atoms with E-state index in [1.54, 1.807) is 12.1 Å². The molecular formula is C14H23NO5S. The predicted molar refractivity (Wildman–Crippen MR) is 79.7 cm³/mol. The number of rotatable bonds is 8. The van der Waals surface area contributed by atoms with Gasteiger partial charge in [-0.2, -0.15) is 0 Å². The highest BCUT2D eigenvalue weighted by molar-refractivity contribution is 7.89. The van der Waals surface area contributed by atoms with E-state index in [-0.39, 0.29) is 11.4 Å². The van der Waals surface area contributed by atoms with E-state index >= 15 is 0 Å². The average Bonchev–Trinajstić information content (AvgIpc) is 2.44. The third-order valence-electron chi connectivity index (χ3n) is 2.70. The monoisotopic (exact) mass is 317 g/mol. The molecule has 1 rings (SSSR count). The highest BCUT2D eigenvalue weighted by Gasteiger charge is 2.23. The predicted octanol–water partition coefficient (Wildman–Crippen LogP) is 0.743. The fourth-order valence-electron chi connectivity index (χ4n) is 1.37. The lowest BCUT2D eigenvalue weighted by atomic mass is 10.1. The summed E-state index contributed by atoms with van der Waals surface area (Å²) in [6, 6.07) is 6.04. The molecular weight excluding hydrogens is 294 g/mol. The van der Waals surface area contributed by atoms with Gasteiger partial charge in [-0.25, -0.2) is 13.1 Å². The first-order valence-corrected chi connectivity index (χ1v) is 8.20. The topological polar surface area (TPSA) is 95.9 Å². The molecule has 0 aliphatic carbocycles. The molecule has 1 aromatic rings. The summed E-state index contributed by atoms with van der Waals surface area (Å²) < 4.78 is 31.8. The van der Waals surface area contributed by atoms with Crippen LogP contribution >= 0.6 is 0 Å². The highest BCUT2D eigenvalue weighted by atomic mass is 32.2. The molecule has 21 heavy (non-hydrogen) atoms.